The van der Waals surface area contributed by atoms with E-state index in [0.29, 0.717) is 5.56 Å². The molecule has 0 radical (unpaired) electrons. The van der Waals surface area contributed by atoms with Crippen LogP contribution in [0.3, 0.4) is 0 Å². The molecule has 0 saturated carbocycles. The van der Waals surface area contributed by atoms with Gasteiger partial charge in [-0.3, -0.25) is 0 Å². The van der Waals surface area contributed by atoms with E-state index in [1.807, 2.05) is 12.1 Å². The summed E-state index contributed by atoms with van der Waals surface area (Å²) in [6.45, 7) is 1.08. The monoisotopic (exact) mass is 263 g/mol. The van der Waals surface area contributed by atoms with Gasteiger partial charge < -0.3 is 11.4 Å². The summed E-state index contributed by atoms with van der Waals surface area (Å²) in [6.07, 6.45) is 1.14. The van der Waals surface area contributed by atoms with Crippen molar-refractivity contribution in [2.24, 2.45) is 0 Å². The molecule has 0 aliphatic carbocycles. The fourth-order valence-electron chi connectivity index (χ4n) is 1.26. The summed E-state index contributed by atoms with van der Waals surface area (Å²) >= 11 is 1.76. The Morgan fingerprint density at radius 2 is 1.94 bits per heavy atom. The van der Waals surface area contributed by atoms with Crippen LogP contribution >= 0.6 is 11.8 Å². The topological polar surface area (TPSA) is 40.5 Å². The molecule has 0 unspecified atom stereocenters. The van der Waals surface area contributed by atoms with Crippen molar-refractivity contribution in [2.75, 3.05) is 26.4 Å². The van der Waals surface area contributed by atoms with Crippen LogP contribution in [0.4, 0.5) is 0 Å². The molecular weight excluding hydrogens is 245 g/mol. The fraction of sp³-hybridized carbons (Fsp3) is 0.417. The minimum atomic E-state index is -0.871. The van der Waals surface area contributed by atoms with Gasteiger partial charge in [-0.05, 0) is 57.1 Å². The molecule has 0 aromatic heterocycles. The first kappa shape index (κ1) is 17.0. The van der Waals surface area contributed by atoms with Gasteiger partial charge in [-0.15, -0.1) is 11.8 Å². The Kier molecular flexibility index (Phi) is 9.00. The Labute approximate surface area is 130 Å². The summed E-state index contributed by atoms with van der Waals surface area (Å²) < 4.78 is 0. The number of aromatic carboxylic acids is 1. The Hall–Kier alpha value is 0. The summed E-state index contributed by atoms with van der Waals surface area (Å²) in [4.78, 5) is 13.9. The predicted octanol–water partition coefficient (Wildman–Crippen LogP) is -0.455. The van der Waals surface area contributed by atoms with Crippen LogP contribution in [-0.2, 0) is 0 Å². The fourth-order valence-corrected chi connectivity index (χ4v) is 2.10. The van der Waals surface area contributed by atoms with Gasteiger partial charge in [-0.25, -0.2) is 4.79 Å². The molecule has 0 fully saturated rings. The van der Waals surface area contributed by atoms with E-state index in [9.17, 15) is 4.79 Å². The number of rotatable bonds is 6. The minimum Gasteiger partial charge on any atom is -1.00 e. The molecule has 0 saturated heterocycles. The summed E-state index contributed by atoms with van der Waals surface area (Å²) in [5.41, 5.74) is 0.345. The molecule has 90 valence electrons. The molecule has 0 spiro atoms. The van der Waals surface area contributed by atoms with Crippen LogP contribution in [0, 0.1) is 0 Å². The zero-order valence-corrected chi connectivity index (χ0v) is 13.5. The number of carbonyl (C=O) groups is 1. The van der Waals surface area contributed by atoms with Gasteiger partial charge in [-0.2, -0.15) is 0 Å². The molecule has 0 amide bonds. The molecule has 17 heavy (non-hydrogen) atoms. The van der Waals surface area contributed by atoms with Crippen molar-refractivity contribution in [1.82, 2.24) is 4.90 Å². The maximum Gasteiger partial charge on any atom is 1.00 e. The first-order valence-corrected chi connectivity index (χ1v) is 6.19. The summed E-state index contributed by atoms with van der Waals surface area (Å²) in [6, 6.07) is 7.03. The third-order valence-corrected chi connectivity index (χ3v) is 3.22. The van der Waals surface area contributed by atoms with Crippen LogP contribution in [0.5, 0.6) is 0 Å². The summed E-state index contributed by atoms with van der Waals surface area (Å²) in [7, 11) is 4.12. The number of benzene rings is 1. The Morgan fingerprint density at radius 1 is 1.35 bits per heavy atom. The van der Waals surface area contributed by atoms with Gasteiger partial charge in [0.25, 0.3) is 0 Å². The van der Waals surface area contributed by atoms with Crippen LogP contribution < -0.4 is 29.6 Å². The molecular formula is C12H18NNaO2S. The second kappa shape index (κ2) is 9.00. The van der Waals surface area contributed by atoms with Gasteiger partial charge in [0.05, 0.1) is 5.56 Å². The predicted molar refractivity (Wildman–Crippen MR) is 68.4 cm³/mol. The van der Waals surface area contributed by atoms with Crippen LogP contribution in [0.2, 0.25) is 0 Å². The van der Waals surface area contributed by atoms with Gasteiger partial charge in [0.1, 0.15) is 0 Å². The molecule has 5 heteroatoms. The molecule has 1 aromatic rings. The van der Waals surface area contributed by atoms with E-state index in [0.717, 1.165) is 23.6 Å². The van der Waals surface area contributed by atoms with Crippen molar-refractivity contribution in [1.29, 1.82) is 0 Å². The third kappa shape index (κ3) is 7.11. The van der Waals surface area contributed by atoms with Crippen LogP contribution in [0.1, 0.15) is 18.2 Å². The van der Waals surface area contributed by atoms with E-state index < -0.39 is 5.97 Å². The van der Waals surface area contributed by atoms with Gasteiger partial charge in [0.15, 0.2) is 0 Å². The number of thioether (sulfide) groups is 1. The van der Waals surface area contributed by atoms with Crippen molar-refractivity contribution < 1.29 is 40.9 Å². The third-order valence-electron chi connectivity index (χ3n) is 2.12. The summed E-state index contributed by atoms with van der Waals surface area (Å²) in [5, 5.41) is 8.74. The quantitative estimate of drug-likeness (QED) is 0.428. The Bertz CT molecular complexity index is 346. The standard InChI is InChI=1S/C12H17NO2S.Na.H/c1-13(2)8-3-9-16-11-6-4-10(5-7-11)12(14)15;;/h4-7H,3,8-9H2,1-2H3,(H,14,15);;/q;+1;-1. The molecule has 1 N–H and O–H groups in total. The number of carboxylic acids is 1. The van der Waals surface area contributed by atoms with Gasteiger partial charge in [0.2, 0.25) is 0 Å². The second-order valence-electron chi connectivity index (χ2n) is 3.83. The summed E-state index contributed by atoms with van der Waals surface area (Å²) in [5.74, 6) is 0.189. The maximum atomic E-state index is 10.6. The van der Waals surface area contributed by atoms with Crippen molar-refractivity contribution in [2.45, 2.75) is 11.3 Å². The van der Waals surface area contributed by atoms with E-state index in [-0.39, 0.29) is 31.0 Å². The normalized spacial score (nSPS) is 10.1. The maximum absolute atomic E-state index is 10.6. The zero-order valence-electron chi connectivity index (χ0n) is 11.6. The molecule has 0 aliphatic rings. The van der Waals surface area contributed by atoms with Crippen molar-refractivity contribution >= 4 is 17.7 Å². The van der Waals surface area contributed by atoms with E-state index in [4.69, 9.17) is 5.11 Å². The number of carboxylic acid groups (broad SMARTS) is 1. The molecule has 0 aliphatic heterocycles. The molecule has 3 nitrogen and oxygen atoms in total. The van der Waals surface area contributed by atoms with E-state index in [1.54, 1.807) is 23.9 Å². The van der Waals surface area contributed by atoms with Gasteiger partial charge in [-0.1, -0.05) is 0 Å². The minimum absolute atomic E-state index is 0. The average molecular weight is 263 g/mol. The van der Waals surface area contributed by atoms with Crippen molar-refractivity contribution in [3.63, 3.8) is 0 Å². The van der Waals surface area contributed by atoms with E-state index in [1.165, 1.54) is 0 Å². The molecule has 0 heterocycles. The first-order valence-electron chi connectivity index (χ1n) is 5.20. The molecule has 0 bridgehead atoms. The molecule has 1 rings (SSSR count). The van der Waals surface area contributed by atoms with Crippen LogP contribution in [0.25, 0.3) is 0 Å². The number of hydrogen-bond acceptors (Lipinski definition) is 3. The van der Waals surface area contributed by atoms with Gasteiger partial charge >= 0.3 is 35.5 Å². The molecule has 1 aromatic carbocycles. The van der Waals surface area contributed by atoms with Crippen molar-refractivity contribution in [3.05, 3.63) is 29.8 Å². The van der Waals surface area contributed by atoms with Crippen LogP contribution in [-0.4, -0.2) is 42.4 Å². The molecule has 0 atom stereocenters. The second-order valence-corrected chi connectivity index (χ2v) is 5.00. The van der Waals surface area contributed by atoms with E-state index >= 15 is 0 Å². The number of nitrogens with zero attached hydrogens (tertiary/aromatic N) is 1. The SMILES string of the molecule is CN(C)CCCSc1ccc(C(=O)O)cc1.[H-].[Na+]. The van der Waals surface area contributed by atoms with Crippen LogP contribution in [0.15, 0.2) is 29.2 Å². The first-order chi connectivity index (χ1) is 7.59. The zero-order chi connectivity index (χ0) is 12.0. The Balaban J connectivity index is 0. The van der Waals surface area contributed by atoms with E-state index in [2.05, 4.69) is 19.0 Å². The number of hydrogen-bond donors (Lipinski definition) is 1. The van der Waals surface area contributed by atoms with Gasteiger partial charge in [0, 0.05) is 4.90 Å². The average Bonchev–Trinajstić information content (AvgIpc) is 2.25. The smallest absolute Gasteiger partial charge is 1.00 e. The van der Waals surface area contributed by atoms with Crippen molar-refractivity contribution in [3.8, 4) is 0 Å². The Morgan fingerprint density at radius 3 is 2.41 bits per heavy atom. The largest absolute Gasteiger partial charge is 1.00 e.